The molecule has 0 unspecified atom stereocenters. The molecular weight excluding hydrogens is 364 g/mol. The molecule has 4 nitrogen and oxygen atoms in total. The Morgan fingerprint density at radius 3 is 2.68 bits per heavy atom. The van der Waals surface area contributed by atoms with Gasteiger partial charge in [-0.25, -0.2) is 4.39 Å². The molecule has 0 bridgehead atoms. The van der Waals surface area contributed by atoms with E-state index < -0.39 is 0 Å². The quantitative estimate of drug-likeness (QED) is 0.665. The molecule has 0 aliphatic carbocycles. The molecule has 3 aromatic rings. The fraction of sp³-hybridized carbons (Fsp3) is 0.278. The van der Waals surface area contributed by atoms with Crippen LogP contribution in [0, 0.1) is 5.82 Å². The van der Waals surface area contributed by atoms with Gasteiger partial charge in [-0.15, -0.1) is 0 Å². The lowest BCUT2D eigenvalue weighted by Gasteiger charge is -2.36. The van der Waals surface area contributed by atoms with Crippen LogP contribution in [0.4, 0.5) is 10.1 Å². The van der Waals surface area contributed by atoms with Crippen LogP contribution < -0.4 is 4.90 Å². The third-order valence-electron chi connectivity index (χ3n) is 4.52. The van der Waals surface area contributed by atoms with E-state index in [9.17, 15) is 4.39 Å². The predicted molar refractivity (Wildman–Crippen MR) is 97.9 cm³/mol. The van der Waals surface area contributed by atoms with E-state index in [-0.39, 0.29) is 5.82 Å². The summed E-state index contributed by atoms with van der Waals surface area (Å²) >= 11 is 12.4. The van der Waals surface area contributed by atoms with Crippen molar-refractivity contribution in [3.05, 3.63) is 58.0 Å². The number of fused-ring (bicyclic) bond motifs is 1. The summed E-state index contributed by atoms with van der Waals surface area (Å²) in [5.41, 5.74) is 2.34. The largest absolute Gasteiger partial charge is 0.368 e. The average molecular weight is 380 g/mol. The van der Waals surface area contributed by atoms with Gasteiger partial charge in [0.05, 0.1) is 15.7 Å². The zero-order chi connectivity index (χ0) is 17.4. The Morgan fingerprint density at radius 1 is 1.08 bits per heavy atom. The number of aromatic nitrogens is 1. The minimum absolute atomic E-state index is 0.280. The molecule has 0 N–H and O–H groups in total. The maximum atomic E-state index is 13.5. The molecule has 2 aromatic carbocycles. The van der Waals surface area contributed by atoms with Crippen LogP contribution in [0.25, 0.3) is 11.0 Å². The maximum Gasteiger partial charge on any atom is 0.167 e. The number of anilines is 1. The van der Waals surface area contributed by atoms with E-state index >= 15 is 0 Å². The second kappa shape index (κ2) is 6.83. The van der Waals surface area contributed by atoms with Crippen molar-refractivity contribution in [3.8, 4) is 0 Å². The lowest BCUT2D eigenvalue weighted by Crippen LogP contribution is -2.46. The van der Waals surface area contributed by atoms with Crippen LogP contribution in [-0.2, 0) is 6.54 Å². The second-order valence-corrected chi connectivity index (χ2v) is 6.89. The number of hydrogen-bond donors (Lipinski definition) is 0. The summed E-state index contributed by atoms with van der Waals surface area (Å²) in [6, 6.07) is 10.1. The van der Waals surface area contributed by atoms with Crippen molar-refractivity contribution >= 4 is 39.9 Å². The van der Waals surface area contributed by atoms with Gasteiger partial charge in [0.15, 0.2) is 5.58 Å². The fourth-order valence-electron chi connectivity index (χ4n) is 3.17. The third kappa shape index (κ3) is 3.32. The van der Waals surface area contributed by atoms with E-state index in [1.807, 2.05) is 12.1 Å². The highest BCUT2D eigenvalue weighted by Gasteiger charge is 2.21. The van der Waals surface area contributed by atoms with Crippen molar-refractivity contribution in [2.24, 2.45) is 0 Å². The van der Waals surface area contributed by atoms with Crippen LogP contribution in [0.1, 0.15) is 5.69 Å². The van der Waals surface area contributed by atoms with Crippen LogP contribution in [0.2, 0.25) is 10.0 Å². The summed E-state index contributed by atoms with van der Waals surface area (Å²) < 4.78 is 18.7. The van der Waals surface area contributed by atoms with Crippen LogP contribution in [-0.4, -0.2) is 36.2 Å². The lowest BCUT2D eigenvalue weighted by molar-refractivity contribution is 0.243. The summed E-state index contributed by atoms with van der Waals surface area (Å²) in [6.07, 6.45) is 0. The molecule has 1 aliphatic heterocycles. The number of nitrogens with zero attached hydrogens (tertiary/aromatic N) is 3. The molecule has 1 aromatic heterocycles. The number of halogens is 3. The number of hydrogen-bond acceptors (Lipinski definition) is 4. The molecule has 4 rings (SSSR count). The van der Waals surface area contributed by atoms with Crippen molar-refractivity contribution < 1.29 is 8.91 Å². The summed E-state index contributed by atoms with van der Waals surface area (Å²) in [6.45, 7) is 4.01. The van der Waals surface area contributed by atoms with E-state index in [1.54, 1.807) is 12.1 Å². The minimum Gasteiger partial charge on any atom is -0.368 e. The van der Waals surface area contributed by atoms with Gasteiger partial charge in [-0.2, -0.15) is 0 Å². The molecule has 2 heterocycles. The van der Waals surface area contributed by atoms with Gasteiger partial charge >= 0.3 is 0 Å². The SMILES string of the molecule is Fc1ccc2onc(CN3CCN(c4cccc(Cl)c4Cl)CC3)c2c1. The number of benzene rings is 2. The van der Waals surface area contributed by atoms with E-state index in [1.165, 1.54) is 12.1 Å². The summed E-state index contributed by atoms with van der Waals surface area (Å²) in [7, 11) is 0. The zero-order valence-electron chi connectivity index (χ0n) is 13.4. The molecule has 0 saturated carbocycles. The Hall–Kier alpha value is -1.82. The molecule has 0 spiro atoms. The third-order valence-corrected chi connectivity index (χ3v) is 5.33. The molecule has 0 amide bonds. The normalized spacial score (nSPS) is 15.9. The van der Waals surface area contributed by atoms with Crippen molar-refractivity contribution in [1.29, 1.82) is 0 Å². The van der Waals surface area contributed by atoms with Gasteiger partial charge in [-0.1, -0.05) is 34.4 Å². The first-order valence-electron chi connectivity index (χ1n) is 8.07. The molecule has 1 aliphatic rings. The number of rotatable bonds is 3. The lowest BCUT2D eigenvalue weighted by atomic mass is 10.2. The van der Waals surface area contributed by atoms with Gasteiger partial charge in [0.1, 0.15) is 11.5 Å². The van der Waals surface area contributed by atoms with E-state index in [2.05, 4.69) is 15.0 Å². The molecule has 1 saturated heterocycles. The average Bonchev–Trinajstić information content (AvgIpc) is 3.00. The maximum absolute atomic E-state index is 13.5. The Kier molecular flexibility index (Phi) is 4.54. The fourth-order valence-corrected chi connectivity index (χ4v) is 3.59. The van der Waals surface area contributed by atoms with E-state index in [0.717, 1.165) is 42.9 Å². The van der Waals surface area contributed by atoms with Crippen molar-refractivity contribution in [3.63, 3.8) is 0 Å². The molecule has 7 heteroatoms. The highest BCUT2D eigenvalue weighted by atomic mass is 35.5. The minimum atomic E-state index is -0.280. The van der Waals surface area contributed by atoms with E-state index in [4.69, 9.17) is 27.7 Å². The van der Waals surface area contributed by atoms with Crippen LogP contribution in [0.15, 0.2) is 40.9 Å². The molecule has 130 valence electrons. The van der Waals surface area contributed by atoms with Crippen LogP contribution in [0.5, 0.6) is 0 Å². The molecule has 0 atom stereocenters. The molecule has 1 fully saturated rings. The smallest absolute Gasteiger partial charge is 0.167 e. The van der Waals surface area contributed by atoms with Gasteiger partial charge in [-0.3, -0.25) is 4.90 Å². The summed E-state index contributed by atoms with van der Waals surface area (Å²) in [4.78, 5) is 4.50. The van der Waals surface area contributed by atoms with Crippen LogP contribution in [0.3, 0.4) is 0 Å². The molecular formula is C18H16Cl2FN3O. The van der Waals surface area contributed by atoms with Gasteiger partial charge in [0, 0.05) is 38.1 Å². The monoisotopic (exact) mass is 379 g/mol. The zero-order valence-corrected chi connectivity index (χ0v) is 14.9. The summed E-state index contributed by atoms with van der Waals surface area (Å²) in [5.74, 6) is -0.280. The second-order valence-electron chi connectivity index (χ2n) is 6.11. The Morgan fingerprint density at radius 2 is 1.88 bits per heavy atom. The number of piperazine rings is 1. The first-order valence-corrected chi connectivity index (χ1v) is 8.82. The van der Waals surface area contributed by atoms with Crippen molar-refractivity contribution in [2.45, 2.75) is 6.54 Å². The first-order chi connectivity index (χ1) is 12.1. The van der Waals surface area contributed by atoms with Crippen LogP contribution >= 0.6 is 23.2 Å². The molecule has 25 heavy (non-hydrogen) atoms. The Bertz CT molecular complexity index is 906. The molecule has 0 radical (unpaired) electrons. The van der Waals surface area contributed by atoms with Gasteiger partial charge in [0.25, 0.3) is 0 Å². The van der Waals surface area contributed by atoms with E-state index in [0.29, 0.717) is 22.2 Å². The summed E-state index contributed by atoms with van der Waals surface area (Å²) in [5, 5.41) is 5.99. The highest BCUT2D eigenvalue weighted by Crippen LogP contribution is 2.33. The van der Waals surface area contributed by atoms with Crippen molar-refractivity contribution in [2.75, 3.05) is 31.1 Å². The van der Waals surface area contributed by atoms with Crippen molar-refractivity contribution in [1.82, 2.24) is 10.1 Å². The van der Waals surface area contributed by atoms with Gasteiger partial charge in [-0.05, 0) is 30.3 Å². The standard InChI is InChI=1S/C18H16Cl2FN3O/c19-14-2-1-3-16(18(14)20)24-8-6-23(7-9-24)11-15-13-10-12(21)4-5-17(13)25-22-15/h1-5,10H,6-9,11H2. The first kappa shape index (κ1) is 16.6. The highest BCUT2D eigenvalue weighted by molar-refractivity contribution is 6.43. The topological polar surface area (TPSA) is 32.5 Å². The predicted octanol–water partition coefficient (Wildman–Crippen LogP) is 4.60. The Balaban J connectivity index is 1.45. The Labute approximate surface area is 154 Å². The van der Waals surface area contributed by atoms with Gasteiger partial charge < -0.3 is 9.42 Å². The van der Waals surface area contributed by atoms with Gasteiger partial charge in [0.2, 0.25) is 0 Å².